The third kappa shape index (κ3) is 4.37. The molecule has 0 fully saturated rings. The highest BCUT2D eigenvalue weighted by Crippen LogP contribution is 2.22. The molecule has 0 saturated heterocycles. The maximum absolute atomic E-state index is 4.53. The quantitative estimate of drug-likeness (QED) is 0.772. The normalized spacial score (nSPS) is 11.8. The van der Waals surface area contributed by atoms with E-state index in [0.29, 0.717) is 0 Å². The summed E-state index contributed by atoms with van der Waals surface area (Å²) in [4.78, 5) is 4.58. The highest BCUT2D eigenvalue weighted by molar-refractivity contribution is 9.10. The molecule has 0 aliphatic heterocycles. The summed E-state index contributed by atoms with van der Waals surface area (Å²) < 4.78 is 3.24. The molecule has 18 heavy (non-hydrogen) atoms. The van der Waals surface area contributed by atoms with E-state index in [1.807, 2.05) is 6.92 Å². The molecule has 1 rings (SSSR count). The SMILES string of the molecule is CCn1nc(C)c(Br)c1CN(C)CCCN(C)C. The van der Waals surface area contributed by atoms with Crippen LogP contribution in [-0.4, -0.2) is 53.8 Å². The second-order valence-electron chi connectivity index (χ2n) is 5.06. The van der Waals surface area contributed by atoms with Gasteiger partial charge in [0.15, 0.2) is 0 Å². The first kappa shape index (κ1) is 15.7. The fraction of sp³-hybridized carbons (Fsp3) is 0.769. The van der Waals surface area contributed by atoms with E-state index < -0.39 is 0 Å². The van der Waals surface area contributed by atoms with E-state index >= 15 is 0 Å². The van der Waals surface area contributed by atoms with E-state index in [1.165, 1.54) is 12.1 Å². The van der Waals surface area contributed by atoms with Crippen LogP contribution in [0.3, 0.4) is 0 Å². The Kier molecular flexibility index (Phi) is 6.32. The van der Waals surface area contributed by atoms with Gasteiger partial charge in [-0.05, 0) is 70.4 Å². The van der Waals surface area contributed by atoms with Crippen molar-refractivity contribution in [2.45, 2.75) is 33.4 Å². The molecule has 0 bridgehead atoms. The number of rotatable bonds is 7. The second kappa shape index (κ2) is 7.26. The molecule has 0 aliphatic carbocycles. The molecule has 0 aromatic carbocycles. The molecule has 0 aliphatic rings. The lowest BCUT2D eigenvalue weighted by molar-refractivity contribution is 0.286. The van der Waals surface area contributed by atoms with Crippen LogP contribution < -0.4 is 0 Å². The number of nitrogens with zero attached hydrogens (tertiary/aromatic N) is 4. The molecular weight excluding hydrogens is 292 g/mol. The average molecular weight is 317 g/mol. The van der Waals surface area contributed by atoms with Crippen LogP contribution in [0.2, 0.25) is 0 Å². The van der Waals surface area contributed by atoms with Crippen LogP contribution in [0.1, 0.15) is 24.7 Å². The first-order valence-electron chi connectivity index (χ1n) is 6.50. The van der Waals surface area contributed by atoms with Gasteiger partial charge in [0.2, 0.25) is 0 Å². The Labute approximate surface area is 119 Å². The molecule has 0 radical (unpaired) electrons. The molecule has 1 aromatic heterocycles. The largest absolute Gasteiger partial charge is 0.309 e. The van der Waals surface area contributed by atoms with Gasteiger partial charge in [0, 0.05) is 13.1 Å². The minimum atomic E-state index is 0.924. The van der Waals surface area contributed by atoms with Gasteiger partial charge in [0.1, 0.15) is 0 Å². The maximum Gasteiger partial charge on any atom is 0.0739 e. The fourth-order valence-electron chi connectivity index (χ4n) is 2.01. The van der Waals surface area contributed by atoms with Gasteiger partial charge >= 0.3 is 0 Å². The first-order chi connectivity index (χ1) is 8.45. The lowest BCUT2D eigenvalue weighted by Gasteiger charge is -2.18. The van der Waals surface area contributed by atoms with Crippen LogP contribution in [0.25, 0.3) is 0 Å². The zero-order valence-electron chi connectivity index (χ0n) is 12.2. The van der Waals surface area contributed by atoms with Gasteiger partial charge in [0.05, 0.1) is 15.9 Å². The van der Waals surface area contributed by atoms with Crippen LogP contribution in [0.4, 0.5) is 0 Å². The van der Waals surface area contributed by atoms with Crippen LogP contribution in [0.5, 0.6) is 0 Å². The van der Waals surface area contributed by atoms with Crippen molar-refractivity contribution in [3.63, 3.8) is 0 Å². The number of halogens is 1. The number of aryl methyl sites for hydroxylation is 2. The summed E-state index contributed by atoms with van der Waals surface area (Å²) in [5.74, 6) is 0. The molecule has 1 aromatic rings. The van der Waals surface area contributed by atoms with E-state index in [2.05, 4.69) is 63.6 Å². The van der Waals surface area contributed by atoms with Gasteiger partial charge in [-0.1, -0.05) is 0 Å². The molecule has 104 valence electrons. The van der Waals surface area contributed by atoms with Gasteiger partial charge in [-0.25, -0.2) is 0 Å². The molecular formula is C13H25BrN4. The van der Waals surface area contributed by atoms with Gasteiger partial charge in [0.25, 0.3) is 0 Å². The number of aromatic nitrogens is 2. The summed E-state index contributed by atoms with van der Waals surface area (Å²) in [7, 11) is 6.41. The Morgan fingerprint density at radius 2 is 1.89 bits per heavy atom. The van der Waals surface area contributed by atoms with E-state index in [0.717, 1.165) is 36.3 Å². The lowest BCUT2D eigenvalue weighted by Crippen LogP contribution is -2.24. The Morgan fingerprint density at radius 1 is 1.22 bits per heavy atom. The van der Waals surface area contributed by atoms with Crippen LogP contribution in [0, 0.1) is 6.92 Å². The van der Waals surface area contributed by atoms with Crippen molar-refractivity contribution in [2.75, 3.05) is 34.2 Å². The molecule has 4 nitrogen and oxygen atoms in total. The van der Waals surface area contributed by atoms with E-state index in [-0.39, 0.29) is 0 Å². The smallest absolute Gasteiger partial charge is 0.0739 e. The Hall–Kier alpha value is -0.390. The van der Waals surface area contributed by atoms with Gasteiger partial charge in [-0.3, -0.25) is 4.68 Å². The Morgan fingerprint density at radius 3 is 2.44 bits per heavy atom. The molecule has 0 spiro atoms. The molecule has 1 heterocycles. The molecule has 0 N–H and O–H groups in total. The monoisotopic (exact) mass is 316 g/mol. The molecule has 0 saturated carbocycles. The van der Waals surface area contributed by atoms with Crippen molar-refractivity contribution in [2.24, 2.45) is 0 Å². The predicted molar refractivity (Wildman–Crippen MR) is 79.8 cm³/mol. The summed E-state index contributed by atoms with van der Waals surface area (Å²) in [5.41, 5.74) is 2.36. The summed E-state index contributed by atoms with van der Waals surface area (Å²) >= 11 is 3.64. The first-order valence-corrected chi connectivity index (χ1v) is 7.30. The zero-order chi connectivity index (χ0) is 13.7. The lowest BCUT2D eigenvalue weighted by atomic mass is 10.3. The van der Waals surface area contributed by atoms with E-state index in [1.54, 1.807) is 0 Å². The highest BCUT2D eigenvalue weighted by atomic mass is 79.9. The molecule has 0 atom stereocenters. The van der Waals surface area contributed by atoms with Crippen molar-refractivity contribution < 1.29 is 0 Å². The summed E-state index contributed by atoms with van der Waals surface area (Å²) in [5, 5.41) is 4.53. The zero-order valence-corrected chi connectivity index (χ0v) is 13.8. The molecule has 5 heteroatoms. The average Bonchev–Trinajstić information content (AvgIpc) is 2.56. The second-order valence-corrected chi connectivity index (χ2v) is 5.85. The standard InChI is InChI=1S/C13H25BrN4/c1-6-18-12(13(14)11(2)15-18)10-17(5)9-7-8-16(3)4/h6-10H2,1-5H3. The molecule has 0 unspecified atom stereocenters. The number of hydrogen-bond acceptors (Lipinski definition) is 3. The van der Waals surface area contributed by atoms with Crippen LogP contribution >= 0.6 is 15.9 Å². The van der Waals surface area contributed by atoms with Crippen LogP contribution in [0.15, 0.2) is 4.47 Å². The van der Waals surface area contributed by atoms with Crippen molar-refractivity contribution in [3.8, 4) is 0 Å². The Balaban J connectivity index is 2.55. The fourth-order valence-corrected chi connectivity index (χ4v) is 2.42. The van der Waals surface area contributed by atoms with Crippen molar-refractivity contribution >= 4 is 15.9 Å². The number of hydrogen-bond donors (Lipinski definition) is 0. The van der Waals surface area contributed by atoms with Crippen molar-refractivity contribution in [1.29, 1.82) is 0 Å². The maximum atomic E-state index is 4.53. The van der Waals surface area contributed by atoms with Crippen molar-refractivity contribution in [3.05, 3.63) is 15.9 Å². The third-order valence-corrected chi connectivity index (χ3v) is 4.05. The topological polar surface area (TPSA) is 24.3 Å². The molecule has 0 amide bonds. The van der Waals surface area contributed by atoms with Gasteiger partial charge in [-0.2, -0.15) is 5.10 Å². The highest BCUT2D eigenvalue weighted by Gasteiger charge is 2.13. The summed E-state index contributed by atoms with van der Waals surface area (Å²) in [6.45, 7) is 8.30. The summed E-state index contributed by atoms with van der Waals surface area (Å²) in [6, 6.07) is 0. The van der Waals surface area contributed by atoms with Crippen LogP contribution in [-0.2, 0) is 13.1 Å². The van der Waals surface area contributed by atoms with E-state index in [9.17, 15) is 0 Å². The minimum Gasteiger partial charge on any atom is -0.309 e. The minimum absolute atomic E-state index is 0.924. The summed E-state index contributed by atoms with van der Waals surface area (Å²) in [6.07, 6.45) is 1.19. The van der Waals surface area contributed by atoms with E-state index in [4.69, 9.17) is 0 Å². The third-order valence-electron chi connectivity index (χ3n) is 3.02. The Bertz CT molecular complexity index is 373. The van der Waals surface area contributed by atoms with Crippen molar-refractivity contribution in [1.82, 2.24) is 19.6 Å². The van der Waals surface area contributed by atoms with Gasteiger partial charge < -0.3 is 9.80 Å². The predicted octanol–water partition coefficient (Wildman–Crippen LogP) is 2.36. The van der Waals surface area contributed by atoms with Gasteiger partial charge in [-0.15, -0.1) is 0 Å².